The number of nitrogens with zero attached hydrogens (tertiary/aromatic N) is 1. The van der Waals surface area contributed by atoms with Gasteiger partial charge in [0.1, 0.15) is 5.75 Å². The number of ether oxygens (including phenoxy) is 2. The lowest BCUT2D eigenvalue weighted by molar-refractivity contribution is -0.385. The fourth-order valence-electron chi connectivity index (χ4n) is 2.88. The van der Waals surface area contributed by atoms with Crippen LogP contribution >= 0.6 is 0 Å². The predicted octanol–water partition coefficient (Wildman–Crippen LogP) is 2.95. The van der Waals surface area contributed by atoms with E-state index in [0.29, 0.717) is 22.4 Å². The number of carbonyl (C=O) groups is 1. The Hall–Kier alpha value is -3.19. The molecule has 0 unspecified atom stereocenters. The summed E-state index contributed by atoms with van der Waals surface area (Å²) in [4.78, 5) is 22.9. The van der Waals surface area contributed by atoms with E-state index in [9.17, 15) is 14.9 Å². The molecule has 120 valence electrons. The quantitative estimate of drug-likeness (QED) is 0.521. The van der Waals surface area contributed by atoms with Gasteiger partial charge in [0, 0.05) is 40.1 Å². The van der Waals surface area contributed by atoms with Crippen LogP contribution in [0, 0.1) is 10.1 Å². The van der Waals surface area contributed by atoms with Crippen LogP contribution in [0.3, 0.4) is 0 Å². The first-order chi connectivity index (χ1) is 11.6. The summed E-state index contributed by atoms with van der Waals surface area (Å²) in [7, 11) is 0. The molecule has 0 saturated heterocycles. The number of nitro benzene ring substituents is 1. The van der Waals surface area contributed by atoms with Crippen LogP contribution in [0.25, 0.3) is 11.6 Å². The lowest BCUT2D eigenvalue weighted by Gasteiger charge is -2.19. The van der Waals surface area contributed by atoms with Gasteiger partial charge in [-0.3, -0.25) is 14.9 Å². The van der Waals surface area contributed by atoms with E-state index in [2.05, 4.69) is 5.32 Å². The van der Waals surface area contributed by atoms with Gasteiger partial charge >= 0.3 is 0 Å². The summed E-state index contributed by atoms with van der Waals surface area (Å²) in [5.74, 6) is 0.264. The Bertz CT molecular complexity index is 904. The van der Waals surface area contributed by atoms with Crippen LogP contribution in [0.15, 0.2) is 36.4 Å². The highest BCUT2D eigenvalue weighted by Crippen LogP contribution is 2.38. The van der Waals surface area contributed by atoms with E-state index in [4.69, 9.17) is 9.47 Å². The molecular formula is C17H12N2O5. The number of nitro groups is 1. The molecule has 0 saturated carbocycles. The van der Waals surface area contributed by atoms with Crippen molar-refractivity contribution in [2.45, 2.75) is 6.61 Å². The summed E-state index contributed by atoms with van der Waals surface area (Å²) >= 11 is 0. The fraction of sp³-hybridized carbons (Fsp3) is 0.118. The highest BCUT2D eigenvalue weighted by molar-refractivity contribution is 6.35. The number of fused-ring (bicyclic) bond motifs is 2. The van der Waals surface area contributed by atoms with Crippen molar-refractivity contribution in [2.24, 2.45) is 0 Å². The van der Waals surface area contributed by atoms with Crippen molar-refractivity contribution in [3.63, 3.8) is 0 Å². The Labute approximate surface area is 136 Å². The predicted molar refractivity (Wildman–Crippen MR) is 86.3 cm³/mol. The Morgan fingerprint density at radius 2 is 2.08 bits per heavy atom. The van der Waals surface area contributed by atoms with E-state index in [1.165, 1.54) is 12.1 Å². The molecule has 1 N–H and O–H groups in total. The van der Waals surface area contributed by atoms with E-state index in [1.807, 2.05) is 18.2 Å². The third-order valence-corrected chi connectivity index (χ3v) is 3.94. The van der Waals surface area contributed by atoms with Gasteiger partial charge in [-0.15, -0.1) is 0 Å². The van der Waals surface area contributed by atoms with Crippen molar-refractivity contribution in [3.05, 3.63) is 63.2 Å². The van der Waals surface area contributed by atoms with E-state index in [0.717, 1.165) is 11.3 Å². The molecule has 0 fully saturated rings. The highest BCUT2D eigenvalue weighted by atomic mass is 16.7. The molecule has 2 heterocycles. The van der Waals surface area contributed by atoms with Gasteiger partial charge in [-0.25, -0.2) is 0 Å². The standard InChI is InChI=1S/C17H12N2O5/c20-17-14(13-3-1-2-4-15(13)18-17)7-10-5-12(19(21)22)6-11-8-23-9-24-16(10)11/h1-7H,8-9H2,(H,18,20). The van der Waals surface area contributed by atoms with Crippen molar-refractivity contribution >= 4 is 28.9 Å². The Balaban J connectivity index is 1.89. The van der Waals surface area contributed by atoms with Crippen LogP contribution in [0.1, 0.15) is 16.7 Å². The average molecular weight is 324 g/mol. The summed E-state index contributed by atoms with van der Waals surface area (Å²) in [6, 6.07) is 10.1. The second-order valence-corrected chi connectivity index (χ2v) is 5.45. The number of anilines is 1. The zero-order valence-corrected chi connectivity index (χ0v) is 12.4. The van der Waals surface area contributed by atoms with Gasteiger partial charge in [-0.2, -0.15) is 0 Å². The number of hydrogen-bond acceptors (Lipinski definition) is 5. The number of nitrogens with one attached hydrogen (secondary N) is 1. The molecule has 4 rings (SSSR count). The van der Waals surface area contributed by atoms with Crippen molar-refractivity contribution in [1.29, 1.82) is 0 Å². The van der Waals surface area contributed by atoms with Crippen LogP contribution < -0.4 is 10.1 Å². The number of non-ortho nitro benzene ring substituents is 1. The summed E-state index contributed by atoms with van der Waals surface area (Å²) in [6.07, 6.45) is 1.62. The molecule has 0 radical (unpaired) electrons. The topological polar surface area (TPSA) is 90.7 Å². The summed E-state index contributed by atoms with van der Waals surface area (Å²) in [6.45, 7) is 0.305. The fourth-order valence-corrected chi connectivity index (χ4v) is 2.88. The molecule has 24 heavy (non-hydrogen) atoms. The number of carbonyl (C=O) groups excluding carboxylic acids is 1. The number of amides is 1. The molecule has 0 spiro atoms. The van der Waals surface area contributed by atoms with Gasteiger partial charge < -0.3 is 14.8 Å². The number of hydrogen-bond donors (Lipinski definition) is 1. The monoisotopic (exact) mass is 324 g/mol. The first kappa shape index (κ1) is 14.4. The second-order valence-electron chi connectivity index (χ2n) is 5.45. The zero-order valence-electron chi connectivity index (χ0n) is 12.4. The normalized spacial score (nSPS) is 17.0. The van der Waals surface area contributed by atoms with Crippen LogP contribution in [0.5, 0.6) is 5.75 Å². The third kappa shape index (κ3) is 2.31. The van der Waals surface area contributed by atoms with Crippen molar-refractivity contribution in [2.75, 3.05) is 12.1 Å². The Morgan fingerprint density at radius 1 is 1.25 bits per heavy atom. The maximum Gasteiger partial charge on any atom is 0.270 e. The molecule has 0 bridgehead atoms. The van der Waals surface area contributed by atoms with E-state index in [1.54, 1.807) is 12.1 Å². The molecule has 2 aromatic carbocycles. The van der Waals surface area contributed by atoms with Gasteiger partial charge in [0.15, 0.2) is 6.79 Å². The van der Waals surface area contributed by atoms with Crippen molar-refractivity contribution in [3.8, 4) is 5.75 Å². The van der Waals surface area contributed by atoms with Crippen LogP contribution in [-0.2, 0) is 16.1 Å². The maximum absolute atomic E-state index is 12.2. The SMILES string of the molecule is O=C1Nc2ccccc2C1=Cc1cc([N+](=O)[O-])cc2c1OCOC2. The summed E-state index contributed by atoms with van der Waals surface area (Å²) in [5, 5.41) is 13.9. The number of rotatable bonds is 2. The maximum atomic E-state index is 12.2. The van der Waals surface area contributed by atoms with Gasteiger partial charge in [0.2, 0.25) is 0 Å². The van der Waals surface area contributed by atoms with Crippen molar-refractivity contribution < 1.29 is 19.2 Å². The Kier molecular flexibility index (Phi) is 3.28. The number of para-hydroxylation sites is 1. The van der Waals surface area contributed by atoms with Gasteiger partial charge in [0.25, 0.3) is 11.6 Å². The first-order valence-corrected chi connectivity index (χ1v) is 7.28. The first-order valence-electron chi connectivity index (χ1n) is 7.28. The molecule has 0 aliphatic carbocycles. The molecular weight excluding hydrogens is 312 g/mol. The van der Waals surface area contributed by atoms with Crippen LogP contribution in [-0.4, -0.2) is 17.6 Å². The van der Waals surface area contributed by atoms with E-state index >= 15 is 0 Å². The Morgan fingerprint density at radius 3 is 2.92 bits per heavy atom. The molecule has 0 aromatic heterocycles. The minimum Gasteiger partial charge on any atom is -0.467 e. The smallest absolute Gasteiger partial charge is 0.270 e. The molecule has 2 aromatic rings. The average Bonchev–Trinajstić information content (AvgIpc) is 2.90. The molecule has 1 amide bonds. The molecule has 2 aliphatic rings. The lowest BCUT2D eigenvalue weighted by Crippen LogP contribution is -2.13. The lowest BCUT2D eigenvalue weighted by atomic mass is 10.0. The van der Waals surface area contributed by atoms with E-state index < -0.39 is 4.92 Å². The van der Waals surface area contributed by atoms with Gasteiger partial charge in [-0.05, 0) is 12.1 Å². The zero-order chi connectivity index (χ0) is 16.7. The minimum absolute atomic E-state index is 0.0682. The van der Waals surface area contributed by atoms with E-state index in [-0.39, 0.29) is 25.0 Å². The van der Waals surface area contributed by atoms with Crippen molar-refractivity contribution in [1.82, 2.24) is 0 Å². The van der Waals surface area contributed by atoms with Crippen LogP contribution in [0.2, 0.25) is 0 Å². The number of benzene rings is 2. The molecule has 7 nitrogen and oxygen atoms in total. The summed E-state index contributed by atoms with van der Waals surface area (Å²) in [5.41, 5.74) is 2.94. The van der Waals surface area contributed by atoms with Gasteiger partial charge in [-0.1, -0.05) is 18.2 Å². The van der Waals surface area contributed by atoms with Crippen LogP contribution in [0.4, 0.5) is 11.4 Å². The largest absolute Gasteiger partial charge is 0.467 e. The van der Waals surface area contributed by atoms with Gasteiger partial charge in [0.05, 0.1) is 11.5 Å². The summed E-state index contributed by atoms with van der Waals surface area (Å²) < 4.78 is 10.7. The molecule has 0 atom stereocenters. The molecule has 7 heteroatoms. The highest BCUT2D eigenvalue weighted by Gasteiger charge is 2.26. The molecule has 2 aliphatic heterocycles. The minimum atomic E-state index is -0.473. The second kappa shape index (κ2) is 5.47. The third-order valence-electron chi connectivity index (χ3n) is 3.94.